The molecule has 0 aliphatic carbocycles. The van der Waals surface area contributed by atoms with E-state index in [9.17, 15) is 9.59 Å². The minimum absolute atomic E-state index is 0.0370. The predicted molar refractivity (Wildman–Crippen MR) is 78.4 cm³/mol. The fourth-order valence-electron chi connectivity index (χ4n) is 5.40. The van der Waals surface area contributed by atoms with E-state index in [2.05, 4.69) is 0 Å². The topological polar surface area (TPSA) is 71.1 Å². The number of fused-ring (bicyclic) bond motifs is 9. The molecule has 23 heavy (non-hydrogen) atoms. The molecule has 0 aromatic rings. The molecule has 0 N–H and O–H groups in total. The number of ether oxygens (including phenoxy) is 4. The summed E-state index contributed by atoms with van der Waals surface area (Å²) in [6, 6.07) is 0. The third-order valence-corrected chi connectivity index (χ3v) is 6.01. The molecule has 0 aromatic carbocycles. The molecule has 4 rings (SSSR count). The van der Waals surface area contributed by atoms with Gasteiger partial charge in [-0.3, -0.25) is 0 Å². The Morgan fingerprint density at radius 3 is 2.17 bits per heavy atom. The predicted octanol–water partition coefficient (Wildman–Crippen LogP) is 1.15. The fourth-order valence-corrected chi connectivity index (χ4v) is 5.40. The lowest BCUT2D eigenvalue weighted by Crippen LogP contribution is -2.51. The number of hydrogen-bond acceptors (Lipinski definition) is 6. The second kappa shape index (κ2) is 4.05. The van der Waals surface area contributed by atoms with Crippen LogP contribution in [0.2, 0.25) is 0 Å². The van der Waals surface area contributed by atoms with Crippen LogP contribution in [0.4, 0.5) is 0 Å². The van der Waals surface area contributed by atoms with E-state index < -0.39 is 28.7 Å². The number of carbonyl (C=O) groups excluding carboxylic acids is 2. The van der Waals surface area contributed by atoms with Crippen LogP contribution in [0, 0.1) is 11.8 Å². The van der Waals surface area contributed by atoms with E-state index in [0.29, 0.717) is 0 Å². The summed E-state index contributed by atoms with van der Waals surface area (Å²) in [5, 5.41) is 0. The van der Waals surface area contributed by atoms with E-state index in [1.807, 2.05) is 32.9 Å². The highest BCUT2D eigenvalue weighted by Gasteiger charge is 2.78. The van der Waals surface area contributed by atoms with Crippen LogP contribution in [0.1, 0.15) is 20.8 Å². The van der Waals surface area contributed by atoms with Crippen LogP contribution in [0.15, 0.2) is 23.3 Å². The van der Waals surface area contributed by atoms with Crippen molar-refractivity contribution in [1.82, 2.24) is 0 Å². The van der Waals surface area contributed by atoms with Crippen molar-refractivity contribution >= 4 is 11.9 Å². The standard InChI is InChI=1S/C17H20O6/c1-15-7-6-8(22-15)9-12(15)17(3)11(14(19)21-5)10(13(18)20-4)16(9,2)23-17/h6-9,12H,1-5H3/t8-,9+,12-,15-,16+,17-/m0/s1. The Balaban J connectivity index is 1.97. The van der Waals surface area contributed by atoms with Gasteiger partial charge in [0.1, 0.15) is 11.2 Å². The third kappa shape index (κ3) is 1.42. The molecule has 6 atom stereocenters. The number of rotatable bonds is 2. The van der Waals surface area contributed by atoms with E-state index in [-0.39, 0.29) is 29.1 Å². The van der Waals surface area contributed by atoms with Gasteiger partial charge in [0.05, 0.1) is 37.1 Å². The number of hydrogen-bond donors (Lipinski definition) is 0. The van der Waals surface area contributed by atoms with Gasteiger partial charge >= 0.3 is 11.9 Å². The summed E-state index contributed by atoms with van der Waals surface area (Å²) in [5.74, 6) is -1.19. The molecule has 0 saturated carbocycles. The molecule has 4 aliphatic heterocycles. The summed E-state index contributed by atoms with van der Waals surface area (Å²) in [6.45, 7) is 5.69. The lowest BCUT2D eigenvalue weighted by atomic mass is 9.58. The normalized spacial score (nSPS) is 48.8. The quantitative estimate of drug-likeness (QED) is 0.561. The highest BCUT2D eigenvalue weighted by Crippen LogP contribution is 2.69. The molecule has 0 amide bonds. The molecule has 4 bridgehead atoms. The molecule has 0 aromatic heterocycles. The average molecular weight is 320 g/mol. The van der Waals surface area contributed by atoms with Crippen molar-refractivity contribution in [1.29, 1.82) is 0 Å². The van der Waals surface area contributed by atoms with E-state index in [0.717, 1.165) is 0 Å². The highest BCUT2D eigenvalue weighted by molar-refractivity contribution is 6.05. The number of esters is 2. The van der Waals surface area contributed by atoms with Gasteiger partial charge in [0.15, 0.2) is 0 Å². The van der Waals surface area contributed by atoms with Crippen LogP contribution in [0.25, 0.3) is 0 Å². The Bertz CT molecular complexity index is 693. The second-order valence-corrected chi connectivity index (χ2v) is 7.18. The number of methoxy groups -OCH3 is 2. The Morgan fingerprint density at radius 1 is 1.04 bits per heavy atom. The Morgan fingerprint density at radius 2 is 1.61 bits per heavy atom. The van der Waals surface area contributed by atoms with Crippen LogP contribution in [-0.4, -0.2) is 49.1 Å². The highest BCUT2D eigenvalue weighted by atomic mass is 16.6. The molecule has 0 unspecified atom stereocenters. The molecular weight excluding hydrogens is 300 g/mol. The summed E-state index contributed by atoms with van der Waals surface area (Å²) < 4.78 is 22.3. The maximum atomic E-state index is 12.5. The van der Waals surface area contributed by atoms with Gasteiger partial charge in [-0.15, -0.1) is 0 Å². The lowest BCUT2D eigenvalue weighted by Gasteiger charge is -2.39. The molecular formula is C17H20O6. The van der Waals surface area contributed by atoms with Crippen molar-refractivity contribution in [2.45, 2.75) is 43.7 Å². The van der Waals surface area contributed by atoms with Gasteiger partial charge in [0, 0.05) is 11.8 Å². The first-order valence-electron chi connectivity index (χ1n) is 7.72. The fraction of sp³-hybridized carbons (Fsp3) is 0.647. The second-order valence-electron chi connectivity index (χ2n) is 7.18. The smallest absolute Gasteiger partial charge is 0.337 e. The first kappa shape index (κ1) is 14.9. The molecule has 4 aliphatic rings. The molecule has 2 fully saturated rings. The summed E-state index contributed by atoms with van der Waals surface area (Å²) in [4.78, 5) is 24.9. The first-order chi connectivity index (χ1) is 10.7. The van der Waals surface area contributed by atoms with Crippen LogP contribution in [0.5, 0.6) is 0 Å². The molecule has 2 saturated heterocycles. The molecule has 6 heteroatoms. The zero-order valence-electron chi connectivity index (χ0n) is 13.8. The van der Waals surface area contributed by atoms with Gasteiger partial charge in [-0.1, -0.05) is 12.2 Å². The third-order valence-electron chi connectivity index (χ3n) is 6.01. The van der Waals surface area contributed by atoms with Crippen LogP contribution in [-0.2, 0) is 28.5 Å². The SMILES string of the molecule is COC(=O)C1=C(C(=O)OC)[C@]2(C)O[C@]1(C)[C@@H]1[C@@H]3C=C[C@](C)(O3)[C@H]12. The van der Waals surface area contributed by atoms with Gasteiger partial charge in [0.25, 0.3) is 0 Å². The number of carbonyl (C=O) groups is 2. The van der Waals surface area contributed by atoms with Gasteiger partial charge in [-0.2, -0.15) is 0 Å². The van der Waals surface area contributed by atoms with Crippen molar-refractivity contribution in [3.8, 4) is 0 Å². The van der Waals surface area contributed by atoms with E-state index in [1.54, 1.807) is 0 Å². The lowest BCUT2D eigenvalue weighted by molar-refractivity contribution is -0.140. The van der Waals surface area contributed by atoms with Gasteiger partial charge < -0.3 is 18.9 Å². The van der Waals surface area contributed by atoms with E-state index >= 15 is 0 Å². The molecule has 6 nitrogen and oxygen atoms in total. The Kier molecular flexibility index (Phi) is 2.62. The Labute approximate surface area is 134 Å². The maximum Gasteiger partial charge on any atom is 0.337 e. The first-order valence-corrected chi connectivity index (χ1v) is 7.72. The van der Waals surface area contributed by atoms with Crippen molar-refractivity contribution in [3.63, 3.8) is 0 Å². The summed E-state index contributed by atoms with van der Waals surface area (Å²) >= 11 is 0. The van der Waals surface area contributed by atoms with Gasteiger partial charge in [-0.05, 0) is 20.8 Å². The van der Waals surface area contributed by atoms with Crippen molar-refractivity contribution in [2.75, 3.05) is 14.2 Å². The molecule has 4 heterocycles. The summed E-state index contributed by atoms with van der Waals surface area (Å²) in [5.41, 5.74) is -1.85. The average Bonchev–Trinajstić information content (AvgIpc) is 3.16. The van der Waals surface area contributed by atoms with Crippen molar-refractivity contribution in [3.05, 3.63) is 23.3 Å². The maximum absolute atomic E-state index is 12.5. The minimum atomic E-state index is -0.940. The van der Waals surface area contributed by atoms with Crippen molar-refractivity contribution in [2.24, 2.45) is 11.8 Å². The van der Waals surface area contributed by atoms with E-state index in [4.69, 9.17) is 18.9 Å². The van der Waals surface area contributed by atoms with Crippen LogP contribution in [0.3, 0.4) is 0 Å². The monoisotopic (exact) mass is 320 g/mol. The van der Waals surface area contributed by atoms with Gasteiger partial charge in [-0.25, -0.2) is 9.59 Å². The molecule has 0 radical (unpaired) electrons. The van der Waals surface area contributed by atoms with E-state index in [1.165, 1.54) is 14.2 Å². The zero-order valence-corrected chi connectivity index (χ0v) is 13.8. The zero-order chi connectivity index (χ0) is 16.8. The summed E-state index contributed by atoms with van der Waals surface area (Å²) in [7, 11) is 2.61. The van der Waals surface area contributed by atoms with Crippen molar-refractivity contribution < 1.29 is 28.5 Å². The minimum Gasteiger partial charge on any atom is -0.466 e. The molecule has 0 spiro atoms. The largest absolute Gasteiger partial charge is 0.466 e. The van der Waals surface area contributed by atoms with Gasteiger partial charge in [0.2, 0.25) is 0 Å². The molecule has 124 valence electrons. The van der Waals surface area contributed by atoms with Crippen LogP contribution >= 0.6 is 0 Å². The van der Waals surface area contributed by atoms with Crippen LogP contribution < -0.4 is 0 Å². The Hall–Kier alpha value is -1.66. The summed E-state index contributed by atoms with van der Waals surface area (Å²) in [6.07, 6.45) is 3.92.